The summed E-state index contributed by atoms with van der Waals surface area (Å²) in [4.78, 5) is 12.4. The fraction of sp³-hybridized carbons (Fsp3) is 0.217. The average molecular weight is 399 g/mol. The van der Waals surface area contributed by atoms with Crippen molar-refractivity contribution in [3.8, 4) is 22.7 Å². The van der Waals surface area contributed by atoms with Gasteiger partial charge < -0.3 is 9.73 Å². The van der Waals surface area contributed by atoms with Crippen LogP contribution in [0.2, 0.25) is 0 Å². The third kappa shape index (κ3) is 4.00. The van der Waals surface area contributed by atoms with E-state index in [0.29, 0.717) is 18.9 Å². The van der Waals surface area contributed by atoms with Crippen LogP contribution in [0, 0.1) is 0 Å². The van der Waals surface area contributed by atoms with Gasteiger partial charge in [0.2, 0.25) is 5.91 Å². The number of amides is 1. The smallest absolute Gasteiger partial charge is 0.224 e. The summed E-state index contributed by atoms with van der Waals surface area (Å²) in [5.41, 5.74) is 2.65. The molecule has 0 bridgehead atoms. The molecule has 7 nitrogen and oxygen atoms in total. The van der Waals surface area contributed by atoms with Crippen LogP contribution in [0.25, 0.3) is 22.7 Å². The molecule has 1 amide bonds. The van der Waals surface area contributed by atoms with Crippen molar-refractivity contribution < 1.29 is 9.21 Å². The molecule has 1 aliphatic rings. The largest absolute Gasteiger partial charge is 0.461 e. The van der Waals surface area contributed by atoms with Crippen LogP contribution in [0.5, 0.6) is 0 Å². The first-order valence-corrected chi connectivity index (χ1v) is 10.1. The first-order chi connectivity index (χ1) is 14.8. The molecule has 1 N–H and O–H groups in total. The van der Waals surface area contributed by atoms with E-state index in [-0.39, 0.29) is 5.91 Å². The summed E-state index contributed by atoms with van der Waals surface area (Å²) in [6.45, 7) is 0. The molecule has 1 aliphatic carbocycles. The number of tetrazole rings is 1. The molecule has 0 unspecified atom stereocenters. The average Bonchev–Trinajstić information content (AvgIpc) is 3.31. The van der Waals surface area contributed by atoms with Crippen molar-refractivity contribution in [2.45, 2.75) is 31.7 Å². The highest BCUT2D eigenvalue weighted by Crippen LogP contribution is 2.36. The Morgan fingerprint density at radius 1 is 1.03 bits per heavy atom. The van der Waals surface area contributed by atoms with Gasteiger partial charge in [-0.2, -0.15) is 0 Å². The van der Waals surface area contributed by atoms with E-state index < -0.39 is 0 Å². The molecule has 1 saturated carbocycles. The normalized spacial score (nSPS) is 13.3. The van der Waals surface area contributed by atoms with Gasteiger partial charge in [-0.3, -0.25) is 4.79 Å². The zero-order chi connectivity index (χ0) is 20.3. The van der Waals surface area contributed by atoms with Crippen molar-refractivity contribution in [3.63, 3.8) is 0 Å². The van der Waals surface area contributed by atoms with E-state index in [4.69, 9.17) is 4.42 Å². The molecule has 0 radical (unpaired) electrons. The number of aromatic nitrogens is 4. The molecular weight excluding hydrogens is 378 g/mol. The molecule has 0 atom stereocenters. The van der Waals surface area contributed by atoms with Crippen LogP contribution in [0.15, 0.2) is 71.1 Å². The maximum absolute atomic E-state index is 12.4. The van der Waals surface area contributed by atoms with Crippen LogP contribution >= 0.6 is 0 Å². The van der Waals surface area contributed by atoms with Crippen LogP contribution in [0.3, 0.4) is 0 Å². The summed E-state index contributed by atoms with van der Waals surface area (Å²) >= 11 is 0. The summed E-state index contributed by atoms with van der Waals surface area (Å²) in [5, 5.41) is 15.0. The molecule has 30 heavy (non-hydrogen) atoms. The van der Waals surface area contributed by atoms with Crippen LogP contribution in [0.4, 0.5) is 5.69 Å². The molecule has 0 aliphatic heterocycles. The maximum atomic E-state index is 12.4. The van der Waals surface area contributed by atoms with Gasteiger partial charge in [0.1, 0.15) is 11.5 Å². The van der Waals surface area contributed by atoms with Crippen molar-refractivity contribution in [2.24, 2.45) is 0 Å². The number of anilines is 1. The van der Waals surface area contributed by atoms with Crippen molar-refractivity contribution in [1.29, 1.82) is 0 Å². The minimum atomic E-state index is -0.0633. The maximum Gasteiger partial charge on any atom is 0.224 e. The van der Waals surface area contributed by atoms with E-state index >= 15 is 0 Å². The predicted octanol–water partition coefficient (Wildman–Crippen LogP) is 4.51. The van der Waals surface area contributed by atoms with Gasteiger partial charge in [0, 0.05) is 29.7 Å². The van der Waals surface area contributed by atoms with Gasteiger partial charge in [0.15, 0.2) is 5.82 Å². The molecule has 2 aromatic carbocycles. The molecular formula is C23H21N5O2. The van der Waals surface area contributed by atoms with E-state index in [2.05, 4.69) is 20.8 Å². The van der Waals surface area contributed by atoms with Crippen LogP contribution in [0.1, 0.15) is 31.1 Å². The van der Waals surface area contributed by atoms with Crippen molar-refractivity contribution in [1.82, 2.24) is 20.2 Å². The Morgan fingerprint density at radius 3 is 2.70 bits per heavy atom. The third-order valence-corrected chi connectivity index (χ3v) is 5.11. The highest BCUT2D eigenvalue weighted by molar-refractivity contribution is 5.91. The van der Waals surface area contributed by atoms with Crippen molar-refractivity contribution in [3.05, 3.63) is 72.5 Å². The number of rotatable bonds is 7. The zero-order valence-corrected chi connectivity index (χ0v) is 16.4. The van der Waals surface area contributed by atoms with Gasteiger partial charge in [-0.25, -0.2) is 4.68 Å². The van der Waals surface area contributed by atoms with Gasteiger partial charge in [0.25, 0.3) is 0 Å². The van der Waals surface area contributed by atoms with E-state index in [9.17, 15) is 4.79 Å². The Labute approximate surface area is 173 Å². The van der Waals surface area contributed by atoms with E-state index in [1.54, 1.807) is 0 Å². The number of nitrogens with one attached hydrogen (secondary N) is 1. The predicted molar refractivity (Wildman–Crippen MR) is 113 cm³/mol. The minimum absolute atomic E-state index is 0.0633. The molecule has 1 fully saturated rings. The molecule has 150 valence electrons. The topological polar surface area (TPSA) is 85.8 Å². The molecule has 7 heteroatoms. The van der Waals surface area contributed by atoms with Crippen LogP contribution in [-0.4, -0.2) is 26.1 Å². The Bertz CT molecular complexity index is 1160. The number of hydrogen-bond donors (Lipinski definition) is 1. The van der Waals surface area contributed by atoms with Gasteiger partial charge in [-0.1, -0.05) is 42.5 Å². The molecule has 0 saturated heterocycles. The Balaban J connectivity index is 1.21. The SMILES string of the molecule is O=C(CCc1ccc(-c2ccccc2)o1)Nc1cccc(-c2nnnn2C2CC2)c1. The van der Waals surface area contributed by atoms with Gasteiger partial charge in [0.05, 0.1) is 6.04 Å². The standard InChI is InChI=1S/C23H21N5O2/c29-22(14-12-20-11-13-21(30-20)16-5-2-1-3-6-16)24-18-8-4-7-17(15-18)23-25-26-27-28(23)19-9-10-19/h1-8,11,13,15,19H,9-10,12,14H2,(H,24,29). The summed E-state index contributed by atoms with van der Waals surface area (Å²) in [5.74, 6) is 2.28. The van der Waals surface area contributed by atoms with Crippen LogP contribution < -0.4 is 5.32 Å². The van der Waals surface area contributed by atoms with Gasteiger partial charge in [-0.15, -0.1) is 5.10 Å². The number of furan rings is 1. The summed E-state index contributed by atoms with van der Waals surface area (Å²) < 4.78 is 7.74. The highest BCUT2D eigenvalue weighted by Gasteiger charge is 2.28. The van der Waals surface area contributed by atoms with Crippen molar-refractivity contribution in [2.75, 3.05) is 5.32 Å². The Morgan fingerprint density at radius 2 is 1.87 bits per heavy atom. The molecule has 2 heterocycles. The lowest BCUT2D eigenvalue weighted by Gasteiger charge is -2.07. The minimum Gasteiger partial charge on any atom is -0.461 e. The summed E-state index contributed by atoms with van der Waals surface area (Å²) in [7, 11) is 0. The molecule has 5 rings (SSSR count). The number of hydrogen-bond acceptors (Lipinski definition) is 5. The Hall–Kier alpha value is -3.74. The Kier molecular flexibility index (Phi) is 4.85. The fourth-order valence-electron chi connectivity index (χ4n) is 3.41. The number of nitrogens with zero attached hydrogens (tertiary/aromatic N) is 4. The number of carbonyl (C=O) groups is 1. The van der Waals surface area contributed by atoms with Crippen molar-refractivity contribution >= 4 is 11.6 Å². The summed E-state index contributed by atoms with van der Waals surface area (Å²) in [6.07, 6.45) is 3.09. The van der Waals surface area contributed by atoms with E-state index in [1.807, 2.05) is 71.4 Å². The highest BCUT2D eigenvalue weighted by atomic mass is 16.3. The summed E-state index contributed by atoms with van der Waals surface area (Å²) in [6, 6.07) is 21.8. The first kappa shape index (κ1) is 18.3. The third-order valence-electron chi connectivity index (χ3n) is 5.11. The second-order valence-corrected chi connectivity index (χ2v) is 7.44. The number of aryl methyl sites for hydroxylation is 1. The zero-order valence-electron chi connectivity index (χ0n) is 16.4. The quantitative estimate of drug-likeness (QED) is 0.494. The second-order valence-electron chi connectivity index (χ2n) is 7.44. The van der Waals surface area contributed by atoms with E-state index in [1.165, 1.54) is 0 Å². The monoisotopic (exact) mass is 399 g/mol. The van der Waals surface area contributed by atoms with Gasteiger partial charge >= 0.3 is 0 Å². The van der Waals surface area contributed by atoms with Crippen LogP contribution in [-0.2, 0) is 11.2 Å². The molecule has 0 spiro atoms. The fourth-order valence-corrected chi connectivity index (χ4v) is 3.41. The lowest BCUT2D eigenvalue weighted by Crippen LogP contribution is -2.12. The molecule has 4 aromatic rings. The number of carbonyl (C=O) groups excluding carboxylic acids is 1. The first-order valence-electron chi connectivity index (χ1n) is 10.1. The van der Waals surface area contributed by atoms with E-state index in [0.717, 1.165) is 47.0 Å². The van der Waals surface area contributed by atoms with Gasteiger partial charge in [-0.05, 0) is 47.5 Å². The molecule has 2 aromatic heterocycles. The second kappa shape index (κ2) is 7.94. The number of benzene rings is 2. The lowest BCUT2D eigenvalue weighted by atomic mass is 10.1. The lowest BCUT2D eigenvalue weighted by molar-refractivity contribution is -0.116.